The van der Waals surface area contributed by atoms with E-state index in [0.29, 0.717) is 36.9 Å². The number of hydrogen-bond donors (Lipinski definition) is 1. The number of amides is 2. The van der Waals surface area contributed by atoms with Crippen molar-refractivity contribution in [2.24, 2.45) is 0 Å². The van der Waals surface area contributed by atoms with Gasteiger partial charge in [0, 0.05) is 25.0 Å². The van der Waals surface area contributed by atoms with Crippen molar-refractivity contribution in [3.8, 4) is 17.2 Å². The lowest BCUT2D eigenvalue weighted by atomic mass is 10.00. The Labute approximate surface area is 187 Å². The van der Waals surface area contributed by atoms with E-state index in [1.54, 1.807) is 18.0 Å². The van der Waals surface area contributed by atoms with Crippen LogP contribution >= 0.6 is 0 Å². The van der Waals surface area contributed by atoms with Crippen molar-refractivity contribution in [2.75, 3.05) is 18.4 Å². The quantitative estimate of drug-likeness (QED) is 0.592. The van der Waals surface area contributed by atoms with Gasteiger partial charge in [-0.2, -0.15) is 4.98 Å². The molecule has 172 valence electrons. The van der Waals surface area contributed by atoms with Crippen molar-refractivity contribution in [3.63, 3.8) is 0 Å². The largest absolute Gasteiger partial charge is 0.573 e. The number of hydrogen-bond acceptors (Lipinski definition) is 6. The molecule has 2 amide bonds. The second kappa shape index (κ2) is 8.93. The molecule has 3 heterocycles. The molecule has 0 bridgehead atoms. The summed E-state index contributed by atoms with van der Waals surface area (Å²) in [7, 11) is 0. The maximum atomic E-state index is 12.5. The standard InChI is InChI=1S/C22H20F3N5O3/c1-13-11-16(20-27-14(2)29-33-20)12-26-19(13)15-7-9-30(10-8-15)21(31)28-17-3-5-18(6-4-17)32-22(23,24)25/h3-7,11-12H,8-10H2,1-2H3,(H,28,31). The average molecular weight is 459 g/mol. The van der Waals surface area contributed by atoms with Crippen LogP contribution in [0.4, 0.5) is 23.7 Å². The molecule has 0 saturated carbocycles. The molecule has 0 radical (unpaired) electrons. The maximum absolute atomic E-state index is 12.5. The Morgan fingerprint density at radius 2 is 1.97 bits per heavy atom. The van der Waals surface area contributed by atoms with Crippen LogP contribution in [0.1, 0.15) is 23.5 Å². The predicted molar refractivity (Wildman–Crippen MR) is 113 cm³/mol. The third-order valence-corrected chi connectivity index (χ3v) is 4.99. The van der Waals surface area contributed by atoms with Gasteiger partial charge in [0.15, 0.2) is 5.82 Å². The molecule has 1 aromatic carbocycles. The summed E-state index contributed by atoms with van der Waals surface area (Å²) in [5, 5.41) is 6.47. The summed E-state index contributed by atoms with van der Waals surface area (Å²) in [6, 6.07) is 6.58. The maximum Gasteiger partial charge on any atom is 0.573 e. The number of aryl methyl sites for hydroxylation is 2. The lowest BCUT2D eigenvalue weighted by Crippen LogP contribution is -2.38. The molecule has 4 rings (SSSR count). The molecular formula is C22H20F3N5O3. The van der Waals surface area contributed by atoms with Crippen LogP contribution in [-0.2, 0) is 0 Å². The van der Waals surface area contributed by atoms with Crippen molar-refractivity contribution in [3.05, 3.63) is 59.7 Å². The van der Waals surface area contributed by atoms with Gasteiger partial charge < -0.3 is 19.5 Å². The zero-order valence-corrected chi connectivity index (χ0v) is 17.8. The third kappa shape index (κ3) is 5.48. The number of ether oxygens (including phenoxy) is 1. The number of carbonyl (C=O) groups excluding carboxylic acids is 1. The fraction of sp³-hybridized carbons (Fsp3) is 0.273. The Morgan fingerprint density at radius 3 is 2.55 bits per heavy atom. The molecule has 0 saturated heterocycles. The lowest BCUT2D eigenvalue weighted by Gasteiger charge is -2.27. The van der Waals surface area contributed by atoms with Crippen LogP contribution in [-0.4, -0.2) is 45.5 Å². The van der Waals surface area contributed by atoms with Gasteiger partial charge in [-0.25, -0.2) is 4.79 Å². The molecule has 0 fully saturated rings. The van der Waals surface area contributed by atoms with E-state index in [9.17, 15) is 18.0 Å². The molecule has 1 N–H and O–H groups in total. The number of anilines is 1. The zero-order valence-electron chi connectivity index (χ0n) is 17.8. The van der Waals surface area contributed by atoms with Gasteiger partial charge in [-0.05, 0) is 61.7 Å². The SMILES string of the molecule is Cc1noc(-c2cnc(C3=CCN(C(=O)Nc4ccc(OC(F)(F)F)cc4)CC3)c(C)c2)n1. The highest BCUT2D eigenvalue weighted by atomic mass is 19.4. The molecule has 0 aliphatic carbocycles. The van der Waals surface area contributed by atoms with Gasteiger partial charge >= 0.3 is 12.4 Å². The summed E-state index contributed by atoms with van der Waals surface area (Å²) < 4.78 is 45.8. The summed E-state index contributed by atoms with van der Waals surface area (Å²) in [5.41, 5.74) is 3.93. The van der Waals surface area contributed by atoms with E-state index in [4.69, 9.17) is 4.52 Å². The molecule has 1 aliphatic rings. The summed E-state index contributed by atoms with van der Waals surface area (Å²) in [6.07, 6.45) is -0.531. The van der Waals surface area contributed by atoms with Crippen molar-refractivity contribution >= 4 is 17.3 Å². The number of nitrogens with one attached hydrogen (secondary N) is 1. The van der Waals surface area contributed by atoms with Gasteiger partial charge in [0.1, 0.15) is 5.75 Å². The Kier molecular flexibility index (Phi) is 6.03. The first-order valence-corrected chi connectivity index (χ1v) is 10.1. The van der Waals surface area contributed by atoms with Crippen LogP contribution in [0.5, 0.6) is 5.75 Å². The molecule has 2 aromatic heterocycles. The number of carbonyl (C=O) groups is 1. The number of urea groups is 1. The van der Waals surface area contributed by atoms with Gasteiger partial charge in [0.25, 0.3) is 5.89 Å². The van der Waals surface area contributed by atoms with Gasteiger partial charge in [0.05, 0.1) is 11.3 Å². The Hall–Kier alpha value is -3.89. The Bertz CT molecular complexity index is 1190. The highest BCUT2D eigenvalue weighted by Crippen LogP contribution is 2.27. The molecule has 11 heteroatoms. The van der Waals surface area contributed by atoms with Crippen LogP contribution in [0, 0.1) is 13.8 Å². The monoisotopic (exact) mass is 459 g/mol. The average Bonchev–Trinajstić information content (AvgIpc) is 3.20. The topological polar surface area (TPSA) is 93.4 Å². The van der Waals surface area contributed by atoms with Crippen LogP contribution in [0.2, 0.25) is 0 Å². The number of nitrogens with zero attached hydrogens (tertiary/aromatic N) is 4. The second-order valence-electron chi connectivity index (χ2n) is 7.46. The minimum Gasteiger partial charge on any atom is -0.406 e. The molecular weight excluding hydrogens is 439 g/mol. The third-order valence-electron chi connectivity index (χ3n) is 4.99. The van der Waals surface area contributed by atoms with Crippen LogP contribution in [0.15, 0.2) is 47.1 Å². The molecule has 3 aromatic rings. The van der Waals surface area contributed by atoms with Crippen LogP contribution in [0.3, 0.4) is 0 Å². The first-order chi connectivity index (χ1) is 15.7. The van der Waals surface area contributed by atoms with E-state index < -0.39 is 6.36 Å². The first kappa shape index (κ1) is 22.3. The van der Waals surface area contributed by atoms with E-state index in [1.807, 2.05) is 19.1 Å². The molecule has 0 spiro atoms. The summed E-state index contributed by atoms with van der Waals surface area (Å²) in [5.74, 6) is 0.605. The minimum atomic E-state index is -4.76. The van der Waals surface area contributed by atoms with E-state index >= 15 is 0 Å². The minimum absolute atomic E-state index is 0.346. The zero-order chi connectivity index (χ0) is 23.6. The molecule has 0 atom stereocenters. The van der Waals surface area contributed by atoms with E-state index in [2.05, 4.69) is 25.2 Å². The summed E-state index contributed by atoms with van der Waals surface area (Å²) in [4.78, 5) is 22.9. The van der Waals surface area contributed by atoms with E-state index in [-0.39, 0.29) is 11.8 Å². The fourth-order valence-electron chi connectivity index (χ4n) is 3.45. The van der Waals surface area contributed by atoms with E-state index in [0.717, 1.165) is 34.5 Å². The number of benzene rings is 1. The van der Waals surface area contributed by atoms with Gasteiger partial charge in [0.2, 0.25) is 0 Å². The first-order valence-electron chi connectivity index (χ1n) is 10.1. The fourth-order valence-corrected chi connectivity index (χ4v) is 3.45. The Balaban J connectivity index is 1.38. The highest BCUT2D eigenvalue weighted by molar-refractivity contribution is 5.90. The number of aromatic nitrogens is 3. The predicted octanol–water partition coefficient (Wildman–Crippen LogP) is 4.97. The number of alkyl halides is 3. The van der Waals surface area contributed by atoms with E-state index in [1.165, 1.54) is 12.1 Å². The van der Waals surface area contributed by atoms with Crippen molar-refractivity contribution in [2.45, 2.75) is 26.6 Å². The molecule has 33 heavy (non-hydrogen) atoms. The molecule has 1 aliphatic heterocycles. The van der Waals surface area contributed by atoms with Crippen molar-refractivity contribution in [1.82, 2.24) is 20.0 Å². The van der Waals surface area contributed by atoms with Crippen LogP contribution < -0.4 is 10.1 Å². The van der Waals surface area contributed by atoms with Gasteiger partial charge in [-0.1, -0.05) is 11.2 Å². The highest BCUT2D eigenvalue weighted by Gasteiger charge is 2.31. The number of pyridine rings is 1. The summed E-state index contributed by atoms with van der Waals surface area (Å²) >= 11 is 0. The lowest BCUT2D eigenvalue weighted by molar-refractivity contribution is -0.274. The van der Waals surface area contributed by atoms with Crippen LogP contribution in [0.25, 0.3) is 17.0 Å². The van der Waals surface area contributed by atoms with Crippen molar-refractivity contribution in [1.29, 1.82) is 0 Å². The van der Waals surface area contributed by atoms with Gasteiger partial charge in [-0.3, -0.25) is 4.98 Å². The molecule has 0 unspecified atom stereocenters. The smallest absolute Gasteiger partial charge is 0.406 e. The van der Waals surface area contributed by atoms with Crippen molar-refractivity contribution < 1.29 is 27.2 Å². The Morgan fingerprint density at radius 1 is 1.21 bits per heavy atom. The van der Waals surface area contributed by atoms with Gasteiger partial charge in [-0.15, -0.1) is 13.2 Å². The molecule has 8 nitrogen and oxygen atoms in total. The normalized spacial score (nSPS) is 14.1. The second-order valence-corrected chi connectivity index (χ2v) is 7.46. The number of halogens is 3. The summed E-state index contributed by atoms with van der Waals surface area (Å²) in [6.45, 7) is 4.54. The number of rotatable bonds is 4.